The minimum atomic E-state index is -0.893. The molecule has 2 unspecified atom stereocenters. The summed E-state index contributed by atoms with van der Waals surface area (Å²) in [7, 11) is 0. The average molecular weight is 415 g/mol. The van der Waals surface area contributed by atoms with Gasteiger partial charge in [0.15, 0.2) is 0 Å². The van der Waals surface area contributed by atoms with Gasteiger partial charge in [-0.3, -0.25) is 0 Å². The van der Waals surface area contributed by atoms with Gasteiger partial charge in [-0.05, 0) is 43.1 Å². The van der Waals surface area contributed by atoms with Crippen molar-refractivity contribution in [2.75, 3.05) is 0 Å². The molecule has 0 aliphatic heterocycles. The van der Waals surface area contributed by atoms with E-state index in [1.807, 2.05) is 6.92 Å². The molecule has 2 rings (SSSR count). The smallest absolute Gasteiger partial charge is 0.244 e. The summed E-state index contributed by atoms with van der Waals surface area (Å²) in [5.41, 5.74) is 1.35. The Labute approximate surface area is 184 Å². The van der Waals surface area contributed by atoms with Gasteiger partial charge in [0.05, 0.1) is 6.54 Å². The topological polar surface area (TPSA) is 48.9 Å². The number of carbonyl (C=O) groups is 1. The molecule has 0 saturated carbocycles. The van der Waals surface area contributed by atoms with E-state index < -0.39 is 5.97 Å². The Hall–Kier alpha value is -2.10. The lowest BCUT2D eigenvalue weighted by molar-refractivity contribution is -0.687. The van der Waals surface area contributed by atoms with Crippen LogP contribution in [0.3, 0.4) is 0 Å². The summed E-state index contributed by atoms with van der Waals surface area (Å²) in [5.74, 6) is -0.302. The zero-order valence-corrected chi connectivity index (χ0v) is 19.6. The van der Waals surface area contributed by atoms with Crippen molar-refractivity contribution in [3.05, 3.63) is 54.6 Å². The van der Waals surface area contributed by atoms with Crippen LogP contribution in [0.2, 0.25) is 0 Å². The van der Waals surface area contributed by atoms with Crippen LogP contribution in [-0.4, -0.2) is 10.5 Å². The van der Waals surface area contributed by atoms with Gasteiger partial charge in [0.2, 0.25) is 6.33 Å². The third-order valence-corrected chi connectivity index (χ3v) is 5.70. The molecule has 0 spiro atoms. The lowest BCUT2D eigenvalue weighted by Gasteiger charge is -2.14. The quantitative estimate of drug-likeness (QED) is 0.433. The number of unbranched alkanes of at least 4 members (excludes halogenated alkanes) is 2. The number of carboxylic acids is 1. The van der Waals surface area contributed by atoms with Gasteiger partial charge in [-0.1, -0.05) is 83.7 Å². The molecule has 168 valence electrons. The van der Waals surface area contributed by atoms with Gasteiger partial charge in [-0.25, -0.2) is 9.13 Å². The van der Waals surface area contributed by atoms with Gasteiger partial charge < -0.3 is 9.90 Å². The van der Waals surface area contributed by atoms with Gasteiger partial charge >= 0.3 is 0 Å². The van der Waals surface area contributed by atoms with Crippen molar-refractivity contribution in [2.45, 2.75) is 92.2 Å². The predicted molar refractivity (Wildman–Crippen MR) is 122 cm³/mol. The molecule has 0 N–H and O–H groups in total. The molecule has 0 fully saturated rings. The highest BCUT2D eigenvalue weighted by atomic mass is 16.4. The zero-order chi connectivity index (χ0) is 22.2. The second kappa shape index (κ2) is 15.7. The summed E-state index contributed by atoms with van der Waals surface area (Å²) in [6.07, 6.45) is 15.4. The number of benzene rings is 1. The van der Waals surface area contributed by atoms with Gasteiger partial charge in [0.25, 0.3) is 0 Å². The van der Waals surface area contributed by atoms with E-state index in [2.05, 4.69) is 79.0 Å². The maximum Gasteiger partial charge on any atom is 0.244 e. The number of imidazole rings is 1. The van der Waals surface area contributed by atoms with Crippen molar-refractivity contribution in [3.8, 4) is 0 Å². The molecule has 0 radical (unpaired) electrons. The van der Waals surface area contributed by atoms with Crippen molar-refractivity contribution in [1.29, 1.82) is 0 Å². The Balaban J connectivity index is 0.000000382. The highest BCUT2D eigenvalue weighted by molar-refractivity contribution is 5.67. The molecule has 0 aliphatic carbocycles. The lowest BCUT2D eigenvalue weighted by Crippen LogP contribution is -2.31. The largest absolute Gasteiger partial charge is 0.550 e. The van der Waals surface area contributed by atoms with E-state index in [9.17, 15) is 9.90 Å². The van der Waals surface area contributed by atoms with Crippen LogP contribution >= 0.6 is 0 Å². The molecule has 0 aliphatic rings. The molecule has 4 heteroatoms. The summed E-state index contributed by atoms with van der Waals surface area (Å²) in [6.45, 7) is 10.6. The van der Waals surface area contributed by atoms with Crippen LogP contribution < -0.4 is 9.67 Å². The Bertz CT molecular complexity index is 681. The van der Waals surface area contributed by atoms with Crippen molar-refractivity contribution in [3.63, 3.8) is 0 Å². The Morgan fingerprint density at radius 3 is 2.23 bits per heavy atom. The maximum atomic E-state index is 10.3. The number of hydrogen-bond acceptors (Lipinski definition) is 2. The fourth-order valence-electron chi connectivity index (χ4n) is 3.59. The molecule has 0 saturated heterocycles. The standard InChI is InChI=1S/C18H27N2.C8H16O2/c1-3-5-9-17(4-2)14-19-12-13-20(16-19)15-18-10-7-6-8-11-18;1-3-5-6-7(4-2)8(9)10/h6-8,10-13,16-17H,3-5,9,14-15H2,1-2H3;7H,3-6H2,1-2H3,(H,9,10)/q+1;/p-1. The van der Waals surface area contributed by atoms with Gasteiger partial charge in [-0.15, -0.1) is 0 Å². The van der Waals surface area contributed by atoms with Gasteiger partial charge in [0, 0.05) is 5.97 Å². The summed E-state index contributed by atoms with van der Waals surface area (Å²) >= 11 is 0. The van der Waals surface area contributed by atoms with Gasteiger partial charge in [0.1, 0.15) is 18.9 Å². The number of rotatable bonds is 13. The van der Waals surface area contributed by atoms with Crippen LogP contribution in [0.4, 0.5) is 0 Å². The molecular weight excluding hydrogens is 372 g/mol. The number of aliphatic carboxylic acids is 1. The van der Waals surface area contributed by atoms with E-state index in [0.29, 0.717) is 6.42 Å². The minimum Gasteiger partial charge on any atom is -0.550 e. The SMILES string of the molecule is CCCCC(CC)C(=O)[O-].CCCCC(CC)Cn1cc[n+](Cc2ccccc2)c1. The number of carbonyl (C=O) groups excluding carboxylic acids is 1. The fourth-order valence-corrected chi connectivity index (χ4v) is 3.59. The third-order valence-electron chi connectivity index (χ3n) is 5.70. The first-order valence-corrected chi connectivity index (χ1v) is 11.8. The molecule has 1 aromatic carbocycles. The van der Waals surface area contributed by atoms with Crippen molar-refractivity contribution < 1.29 is 14.5 Å². The molecule has 0 bridgehead atoms. The highest BCUT2D eigenvalue weighted by Gasteiger charge is 2.11. The van der Waals surface area contributed by atoms with E-state index in [-0.39, 0.29) is 5.92 Å². The van der Waals surface area contributed by atoms with Crippen LogP contribution in [0.1, 0.15) is 84.6 Å². The van der Waals surface area contributed by atoms with Crippen molar-refractivity contribution >= 4 is 5.97 Å². The van der Waals surface area contributed by atoms with E-state index in [0.717, 1.165) is 38.3 Å². The van der Waals surface area contributed by atoms with Crippen LogP contribution in [0, 0.1) is 11.8 Å². The fraction of sp³-hybridized carbons (Fsp3) is 0.615. The first-order chi connectivity index (χ1) is 14.5. The molecule has 2 aromatic rings. The van der Waals surface area contributed by atoms with Crippen LogP contribution in [0.25, 0.3) is 0 Å². The van der Waals surface area contributed by atoms with E-state index in [1.165, 1.54) is 31.2 Å². The normalized spacial score (nSPS) is 12.7. The van der Waals surface area contributed by atoms with Crippen LogP contribution in [0.15, 0.2) is 49.1 Å². The summed E-state index contributed by atoms with van der Waals surface area (Å²) in [5, 5.41) is 10.3. The molecular formula is C26H42N2O2. The maximum absolute atomic E-state index is 10.3. The molecule has 4 nitrogen and oxygen atoms in total. The van der Waals surface area contributed by atoms with Crippen molar-refractivity contribution in [1.82, 2.24) is 4.57 Å². The molecule has 1 aromatic heterocycles. The highest BCUT2D eigenvalue weighted by Crippen LogP contribution is 2.14. The van der Waals surface area contributed by atoms with Gasteiger partial charge in [-0.2, -0.15) is 0 Å². The lowest BCUT2D eigenvalue weighted by atomic mass is 9.99. The Morgan fingerprint density at radius 2 is 1.67 bits per heavy atom. The first kappa shape index (κ1) is 25.9. The second-order valence-electron chi connectivity index (χ2n) is 8.25. The summed E-state index contributed by atoms with van der Waals surface area (Å²) in [6, 6.07) is 10.6. The summed E-state index contributed by atoms with van der Waals surface area (Å²) in [4.78, 5) is 10.3. The van der Waals surface area contributed by atoms with E-state index in [1.54, 1.807) is 0 Å². The zero-order valence-electron chi connectivity index (χ0n) is 19.6. The van der Waals surface area contributed by atoms with Crippen LogP contribution in [0.5, 0.6) is 0 Å². The molecule has 2 atom stereocenters. The Morgan fingerprint density at radius 1 is 1.00 bits per heavy atom. The van der Waals surface area contributed by atoms with E-state index in [4.69, 9.17) is 0 Å². The first-order valence-electron chi connectivity index (χ1n) is 11.8. The Kier molecular flexibility index (Phi) is 13.6. The molecule has 1 heterocycles. The second-order valence-corrected chi connectivity index (χ2v) is 8.25. The minimum absolute atomic E-state index is 0.222. The molecule has 0 amide bonds. The average Bonchev–Trinajstić information content (AvgIpc) is 3.19. The predicted octanol–water partition coefficient (Wildman–Crippen LogP) is 4.99. The van der Waals surface area contributed by atoms with E-state index >= 15 is 0 Å². The number of carboxylic acid groups (broad SMARTS) is 1. The van der Waals surface area contributed by atoms with Crippen molar-refractivity contribution in [2.24, 2.45) is 11.8 Å². The van der Waals surface area contributed by atoms with Crippen LogP contribution in [-0.2, 0) is 17.9 Å². The number of hydrogen-bond donors (Lipinski definition) is 0. The number of aromatic nitrogens is 2. The number of nitrogens with zero attached hydrogens (tertiary/aromatic N) is 2. The monoisotopic (exact) mass is 414 g/mol. The summed E-state index contributed by atoms with van der Waals surface area (Å²) < 4.78 is 4.61. The third kappa shape index (κ3) is 10.6. The molecule has 30 heavy (non-hydrogen) atoms.